The van der Waals surface area contributed by atoms with Crippen molar-refractivity contribution in [2.45, 2.75) is 108 Å². The molecule has 4 aromatic rings. The summed E-state index contributed by atoms with van der Waals surface area (Å²) in [6.45, 7) is 2.51. The van der Waals surface area contributed by atoms with Gasteiger partial charge in [0.2, 0.25) is 0 Å². The second-order valence-electron chi connectivity index (χ2n) is 16.6. The summed E-state index contributed by atoms with van der Waals surface area (Å²) < 4.78 is 18.7. The summed E-state index contributed by atoms with van der Waals surface area (Å²) in [6.07, 6.45) is 22.4. The number of hydrogen-bond donors (Lipinski definition) is 2. The van der Waals surface area contributed by atoms with Gasteiger partial charge in [-0.15, -0.1) is 0 Å². The fraction of sp³-hybridized carbons (Fsp3) is 0.392. The number of aliphatic hydroxyl groups excluding tert-OH is 1. The van der Waals surface area contributed by atoms with E-state index in [9.17, 15) is 15.0 Å². The van der Waals surface area contributed by atoms with E-state index in [1.165, 1.54) is 5.56 Å². The summed E-state index contributed by atoms with van der Waals surface area (Å²) >= 11 is 0. The van der Waals surface area contributed by atoms with E-state index in [-0.39, 0.29) is 41.5 Å². The summed E-state index contributed by atoms with van der Waals surface area (Å²) in [5.74, 6) is 5.84. The molecule has 6 bridgehead atoms. The van der Waals surface area contributed by atoms with Gasteiger partial charge >= 0.3 is 0 Å². The molecule has 9 rings (SSSR count). The number of unbranched alkanes of at least 4 members (excludes halogenated alkanes) is 1. The van der Waals surface area contributed by atoms with Crippen molar-refractivity contribution in [3.63, 3.8) is 0 Å². The molecular formula is C51H54O6. The lowest BCUT2D eigenvalue weighted by Gasteiger charge is -2.30. The zero-order valence-corrected chi connectivity index (χ0v) is 33.3. The molecule has 2 aliphatic heterocycles. The summed E-state index contributed by atoms with van der Waals surface area (Å²) in [6, 6.07) is 22.7. The monoisotopic (exact) mass is 762 g/mol. The zero-order valence-electron chi connectivity index (χ0n) is 33.3. The Bertz CT molecular complexity index is 2260. The fourth-order valence-corrected chi connectivity index (χ4v) is 9.69. The first-order valence-corrected chi connectivity index (χ1v) is 20.9. The minimum Gasteiger partial charge on any atom is -0.508 e. The van der Waals surface area contributed by atoms with Gasteiger partial charge in [0.25, 0.3) is 0 Å². The molecule has 1 spiro atoms. The lowest BCUT2D eigenvalue weighted by molar-refractivity contribution is -0.121. The Balaban J connectivity index is 1.14. The summed E-state index contributed by atoms with van der Waals surface area (Å²) in [5, 5.41) is 24.7. The number of ether oxygens (including phenoxy) is 3. The van der Waals surface area contributed by atoms with E-state index in [2.05, 4.69) is 79.6 Å². The number of aliphatic hydroxyl groups is 1. The van der Waals surface area contributed by atoms with Crippen LogP contribution in [0.3, 0.4) is 0 Å². The zero-order chi connectivity index (χ0) is 39.4. The van der Waals surface area contributed by atoms with E-state index in [0.717, 1.165) is 90.0 Å². The van der Waals surface area contributed by atoms with Gasteiger partial charge in [-0.1, -0.05) is 92.9 Å². The molecule has 4 atom stereocenters. The quantitative estimate of drug-likeness (QED) is 0.137. The van der Waals surface area contributed by atoms with Crippen LogP contribution < -0.4 is 9.47 Å². The second kappa shape index (κ2) is 17.0. The number of phenols is 1. The molecule has 0 amide bonds. The van der Waals surface area contributed by atoms with Crippen LogP contribution in [0.25, 0.3) is 16.8 Å². The number of phenolic OH excluding ortho intramolecular Hbond substituents is 1. The van der Waals surface area contributed by atoms with Crippen LogP contribution in [0.5, 0.6) is 17.2 Å². The molecule has 6 nitrogen and oxygen atoms in total. The molecule has 2 N–H and O–H groups in total. The van der Waals surface area contributed by atoms with Crippen molar-refractivity contribution in [2.75, 3.05) is 7.11 Å². The first kappa shape index (κ1) is 38.5. The van der Waals surface area contributed by atoms with E-state index in [1.807, 2.05) is 30.3 Å². The smallest absolute Gasteiger partial charge is 0.161 e. The van der Waals surface area contributed by atoms with Crippen LogP contribution in [0.4, 0.5) is 0 Å². The standard InChI is InChI=1S/C51H54O6/c1-34-14-21-43-38-18-22-44-49(43)45(34)32-46(54)50(44)51(24-8-9-25-51)26-27-56-42(31-41(53)19-15-36-16-23-47(55-2)48(28-36)57-33-38)30-39-29-40(52)20-17-37(39)13-7-6-12-35-10-4-3-5-11-35/h3-5,10-11,14,16-18,20-23,28-29,32,34,37,39,42,52,54H,6-9,12-13,15,19,24-25,30-31,33H2,1-2H3/t34-,37-,39-,42+/m1/s1. The highest BCUT2D eigenvalue weighted by molar-refractivity contribution is 6.01. The molecule has 3 aliphatic carbocycles. The molecule has 4 aromatic carbocycles. The maximum absolute atomic E-state index is 13.8. The Morgan fingerprint density at radius 3 is 2.60 bits per heavy atom. The van der Waals surface area contributed by atoms with Crippen molar-refractivity contribution in [1.29, 1.82) is 0 Å². The van der Waals surface area contributed by atoms with Gasteiger partial charge in [0.1, 0.15) is 36.1 Å². The molecule has 0 aromatic heterocycles. The highest BCUT2D eigenvalue weighted by atomic mass is 16.5. The Kier molecular flexibility index (Phi) is 11.5. The van der Waals surface area contributed by atoms with Crippen LogP contribution in [0.15, 0.2) is 96.8 Å². The minimum absolute atomic E-state index is 0.00315. The SMILES string of the molecule is COc1ccc2cc1OCc1ccc3c(c(O)cc4c3c1C=C[C@H]4C)C1(C#CO[C@@H](C[C@H]3C=C(O)C=C[C@H]3CCCCc3ccccc3)CC(=O)CC2)CCCC1. The number of hydrogen-bond acceptors (Lipinski definition) is 6. The van der Waals surface area contributed by atoms with Crippen molar-refractivity contribution in [3.8, 4) is 29.3 Å². The van der Waals surface area contributed by atoms with Gasteiger partial charge in [-0.25, -0.2) is 0 Å². The highest BCUT2D eigenvalue weighted by Gasteiger charge is 2.39. The van der Waals surface area contributed by atoms with Crippen molar-refractivity contribution in [2.24, 2.45) is 11.8 Å². The number of aromatic hydroxyl groups is 1. The van der Waals surface area contributed by atoms with E-state index in [0.29, 0.717) is 37.4 Å². The summed E-state index contributed by atoms with van der Waals surface area (Å²) in [4.78, 5) is 13.8. The van der Waals surface area contributed by atoms with Gasteiger partial charge in [0, 0.05) is 24.3 Å². The maximum Gasteiger partial charge on any atom is 0.161 e. The predicted molar refractivity (Wildman–Crippen MR) is 227 cm³/mol. The topological polar surface area (TPSA) is 85.2 Å². The van der Waals surface area contributed by atoms with E-state index >= 15 is 0 Å². The molecule has 0 saturated heterocycles. The van der Waals surface area contributed by atoms with Crippen LogP contribution in [0.1, 0.15) is 110 Å². The number of ketones is 1. The number of Topliss-reactive ketones (excluding diaryl/α,β-unsaturated/α-hetero) is 1. The Labute approximate surface area is 337 Å². The number of carbonyl (C=O) groups is 1. The molecule has 294 valence electrons. The number of rotatable bonds is 8. The molecule has 5 aliphatic rings. The van der Waals surface area contributed by atoms with Crippen molar-refractivity contribution in [3.05, 3.63) is 130 Å². The van der Waals surface area contributed by atoms with Crippen molar-refractivity contribution in [1.82, 2.24) is 0 Å². The normalized spacial score (nSPS) is 22.6. The van der Waals surface area contributed by atoms with Gasteiger partial charge < -0.3 is 24.4 Å². The molecule has 57 heavy (non-hydrogen) atoms. The third-order valence-corrected chi connectivity index (χ3v) is 12.8. The number of methoxy groups -OCH3 is 1. The van der Waals surface area contributed by atoms with Gasteiger partial charge in [0.15, 0.2) is 11.5 Å². The van der Waals surface area contributed by atoms with Crippen LogP contribution in [0, 0.1) is 23.9 Å². The lowest BCUT2D eigenvalue weighted by Crippen LogP contribution is -2.25. The lowest BCUT2D eigenvalue weighted by atomic mass is 9.73. The number of benzene rings is 4. The Hall–Kier alpha value is -5.41. The molecule has 1 saturated carbocycles. The van der Waals surface area contributed by atoms with Crippen LogP contribution >= 0.6 is 0 Å². The number of carbonyl (C=O) groups excluding carboxylic acids is 1. The van der Waals surface area contributed by atoms with Crippen molar-refractivity contribution >= 4 is 22.6 Å². The predicted octanol–water partition coefficient (Wildman–Crippen LogP) is 11.4. The van der Waals surface area contributed by atoms with E-state index in [4.69, 9.17) is 14.2 Å². The highest BCUT2D eigenvalue weighted by Crippen LogP contribution is 2.51. The molecule has 0 unspecified atom stereocenters. The molecule has 1 fully saturated rings. The van der Waals surface area contributed by atoms with Crippen LogP contribution in [-0.2, 0) is 34.4 Å². The first-order valence-electron chi connectivity index (χ1n) is 20.9. The maximum atomic E-state index is 13.8. The molecular weight excluding hydrogens is 709 g/mol. The number of aryl methyl sites for hydroxylation is 2. The molecule has 0 radical (unpaired) electrons. The van der Waals surface area contributed by atoms with Gasteiger partial charge in [-0.05, 0) is 132 Å². The largest absolute Gasteiger partial charge is 0.508 e. The average Bonchev–Trinajstić information content (AvgIpc) is 3.69. The fourth-order valence-electron chi connectivity index (χ4n) is 9.69. The number of allylic oxidation sites excluding steroid dienone is 4. The third-order valence-electron chi connectivity index (χ3n) is 12.8. The summed E-state index contributed by atoms with van der Waals surface area (Å²) in [5.41, 5.74) is 5.86. The minimum atomic E-state index is -0.598. The number of fused-ring (bicyclic) bond motifs is 8. The summed E-state index contributed by atoms with van der Waals surface area (Å²) in [7, 11) is 1.64. The third kappa shape index (κ3) is 8.35. The van der Waals surface area contributed by atoms with Gasteiger partial charge in [-0.2, -0.15) is 0 Å². The second-order valence-corrected chi connectivity index (χ2v) is 16.6. The molecule has 2 heterocycles. The van der Waals surface area contributed by atoms with Crippen LogP contribution in [-0.4, -0.2) is 29.2 Å². The van der Waals surface area contributed by atoms with Crippen LogP contribution in [0.2, 0.25) is 0 Å². The van der Waals surface area contributed by atoms with Crippen molar-refractivity contribution < 1.29 is 29.2 Å². The van der Waals surface area contributed by atoms with E-state index < -0.39 is 11.5 Å². The Morgan fingerprint density at radius 1 is 0.930 bits per heavy atom. The van der Waals surface area contributed by atoms with E-state index in [1.54, 1.807) is 13.2 Å². The van der Waals surface area contributed by atoms with Gasteiger partial charge in [-0.3, -0.25) is 4.79 Å². The average molecular weight is 763 g/mol. The molecule has 6 heteroatoms. The first-order chi connectivity index (χ1) is 27.8. The van der Waals surface area contributed by atoms with Gasteiger partial charge in [0.05, 0.1) is 12.5 Å². The Morgan fingerprint density at radius 2 is 1.77 bits per heavy atom.